The average molecular weight is 690 g/mol. The predicted octanol–water partition coefficient (Wildman–Crippen LogP) is 0.456. The second kappa shape index (κ2) is 13.0. The molecule has 0 saturated carbocycles. The summed E-state index contributed by atoms with van der Waals surface area (Å²) in [5.41, 5.74) is 12.2. The van der Waals surface area contributed by atoms with E-state index in [4.69, 9.17) is 30.0 Å². The van der Waals surface area contributed by atoms with Gasteiger partial charge in [-0.1, -0.05) is 6.07 Å². The SMILES string of the molecule is Nc1nc2c(ncn2[C@H]2C[C@@H](O)[C@@H](COP(=O)(NCCc3cccs3)O[C@@H]3C[C@H](n4cnc5c(N)ncnc54)O[C@@H]3CO)O2)c(=O)[nH]1. The minimum absolute atomic E-state index is 0.0694. The van der Waals surface area contributed by atoms with Crippen molar-refractivity contribution in [1.29, 1.82) is 0 Å². The number of nitrogens with two attached hydrogens (primary N) is 2. The number of thiophene rings is 1. The number of nitrogens with zero attached hydrogens (tertiary/aromatic N) is 7. The summed E-state index contributed by atoms with van der Waals surface area (Å²) in [5, 5.41) is 25.9. The van der Waals surface area contributed by atoms with Gasteiger partial charge >= 0.3 is 7.75 Å². The first-order chi connectivity index (χ1) is 22.7. The van der Waals surface area contributed by atoms with Crippen LogP contribution in [0.2, 0.25) is 0 Å². The fourth-order valence-corrected chi connectivity index (χ4v) is 7.89. The number of H-pyrrole nitrogens is 1. The number of rotatable bonds is 12. The van der Waals surface area contributed by atoms with Gasteiger partial charge in [-0.25, -0.2) is 29.6 Å². The summed E-state index contributed by atoms with van der Waals surface area (Å²) in [6.45, 7) is -0.486. The molecule has 2 fully saturated rings. The van der Waals surface area contributed by atoms with Crippen LogP contribution in [-0.4, -0.2) is 93.4 Å². The highest BCUT2D eigenvalue weighted by molar-refractivity contribution is 7.51. The third-order valence-electron chi connectivity index (χ3n) is 7.96. The summed E-state index contributed by atoms with van der Waals surface area (Å²) in [7, 11) is -4.10. The molecule has 0 bridgehead atoms. The smallest absolute Gasteiger partial charge is 0.394 e. The van der Waals surface area contributed by atoms with Crippen molar-refractivity contribution in [2.24, 2.45) is 0 Å². The molecular formula is C26H32N11O8PS. The zero-order valence-corrected chi connectivity index (χ0v) is 26.4. The Bertz CT molecular complexity index is 1970. The molecule has 0 aliphatic carbocycles. The van der Waals surface area contributed by atoms with Gasteiger partial charge < -0.3 is 31.2 Å². The van der Waals surface area contributed by atoms with E-state index < -0.39 is 56.8 Å². The van der Waals surface area contributed by atoms with Crippen LogP contribution in [0.25, 0.3) is 22.3 Å². The number of aromatic amines is 1. The molecule has 0 amide bonds. The van der Waals surface area contributed by atoms with E-state index in [9.17, 15) is 19.6 Å². The van der Waals surface area contributed by atoms with Gasteiger partial charge in [-0.2, -0.15) is 4.98 Å². The number of anilines is 2. The van der Waals surface area contributed by atoms with Crippen molar-refractivity contribution in [2.75, 3.05) is 31.2 Å². The predicted molar refractivity (Wildman–Crippen MR) is 167 cm³/mol. The Balaban J connectivity index is 1.07. The summed E-state index contributed by atoms with van der Waals surface area (Å²) in [5.74, 6) is 0.118. The van der Waals surface area contributed by atoms with Gasteiger partial charge in [0.1, 0.15) is 42.6 Å². The molecule has 21 heteroatoms. The van der Waals surface area contributed by atoms with Crippen LogP contribution in [0.5, 0.6) is 0 Å². The molecule has 7 rings (SSSR count). The number of nitrogen functional groups attached to an aromatic ring is 2. The number of aliphatic hydroxyl groups is 2. The molecule has 7 heterocycles. The number of fused-ring (bicyclic) bond motifs is 2. The first-order valence-corrected chi connectivity index (χ1v) is 17.1. The van der Waals surface area contributed by atoms with Crippen LogP contribution in [0, 0.1) is 0 Å². The zero-order valence-electron chi connectivity index (χ0n) is 24.7. The summed E-state index contributed by atoms with van der Waals surface area (Å²) in [4.78, 5) is 36.4. The average Bonchev–Trinajstić information content (AvgIpc) is 3.87. The van der Waals surface area contributed by atoms with Gasteiger partial charge in [0.2, 0.25) is 5.95 Å². The van der Waals surface area contributed by atoms with Crippen LogP contribution < -0.4 is 22.1 Å². The van der Waals surface area contributed by atoms with Crippen LogP contribution in [-0.2, 0) is 29.5 Å². The molecular weight excluding hydrogens is 657 g/mol. The number of aliphatic hydroxyl groups excluding tert-OH is 2. The third-order valence-corrected chi connectivity index (χ3v) is 10.5. The van der Waals surface area contributed by atoms with Crippen LogP contribution >= 0.6 is 19.1 Å². The number of imidazole rings is 2. The van der Waals surface area contributed by atoms with E-state index in [1.54, 1.807) is 15.9 Å². The van der Waals surface area contributed by atoms with E-state index in [0.29, 0.717) is 17.6 Å². The third kappa shape index (κ3) is 6.39. The van der Waals surface area contributed by atoms with Gasteiger partial charge in [0.15, 0.2) is 22.6 Å². The lowest BCUT2D eigenvalue weighted by Gasteiger charge is -2.26. The highest BCUT2D eigenvalue weighted by Crippen LogP contribution is 2.49. The largest absolute Gasteiger partial charge is 0.405 e. The van der Waals surface area contributed by atoms with Crippen LogP contribution in [0.3, 0.4) is 0 Å². The molecule has 5 aromatic heterocycles. The number of nitrogens with one attached hydrogen (secondary N) is 2. The van der Waals surface area contributed by atoms with Crippen molar-refractivity contribution in [3.63, 3.8) is 0 Å². The highest BCUT2D eigenvalue weighted by atomic mass is 32.1. The number of hydrogen-bond donors (Lipinski definition) is 6. The summed E-state index contributed by atoms with van der Waals surface area (Å²) >= 11 is 1.56. The summed E-state index contributed by atoms with van der Waals surface area (Å²) in [6, 6.07) is 3.88. The Morgan fingerprint density at radius 2 is 1.85 bits per heavy atom. The van der Waals surface area contributed by atoms with E-state index in [0.717, 1.165) is 4.88 Å². The number of hydrogen-bond acceptors (Lipinski definition) is 16. The minimum Gasteiger partial charge on any atom is -0.394 e. The van der Waals surface area contributed by atoms with E-state index in [-0.39, 0.29) is 48.9 Å². The first kappa shape index (κ1) is 31.7. The van der Waals surface area contributed by atoms with Crippen LogP contribution in [0.4, 0.5) is 11.8 Å². The van der Waals surface area contributed by atoms with Crippen molar-refractivity contribution < 1.29 is 33.3 Å². The van der Waals surface area contributed by atoms with Gasteiger partial charge in [0.05, 0.1) is 32.0 Å². The second-order valence-electron chi connectivity index (χ2n) is 11.0. The summed E-state index contributed by atoms with van der Waals surface area (Å²) in [6.07, 6.45) is -0.0548. The molecule has 250 valence electrons. The maximum absolute atomic E-state index is 14.3. The molecule has 0 aromatic carbocycles. The molecule has 0 spiro atoms. The Kier molecular flexibility index (Phi) is 8.76. The molecule has 0 radical (unpaired) electrons. The van der Waals surface area contributed by atoms with Crippen LogP contribution in [0.15, 0.2) is 41.3 Å². The van der Waals surface area contributed by atoms with Gasteiger partial charge in [-0.05, 0) is 17.9 Å². The fraction of sp³-hybridized carbons (Fsp3) is 0.462. The quantitative estimate of drug-likeness (QED) is 0.0971. The number of ether oxygens (including phenoxy) is 2. The summed E-state index contributed by atoms with van der Waals surface area (Å²) < 4.78 is 41.5. The standard InChI is InChI=1S/C26H32N11O8PS/c27-22-20-23(30-10-29-22)36(11-31-20)19-7-15(16(8-38)43-19)45-46(41,33-4-3-13-2-1-5-47-13)42-9-17-14(39)6-18(44-17)37-12-32-21-24(37)34-26(28)35-25(21)40/h1-2,5,10-12,14-19,38-39H,3-4,6-9H2,(H,33,41)(H2,27,29,30)(H3,28,34,35,40)/t14-,15-,16-,17-,18-,19-,46?/m1/s1. The van der Waals surface area contributed by atoms with E-state index in [2.05, 4.69) is 35.0 Å². The van der Waals surface area contributed by atoms with Gasteiger partial charge in [0.25, 0.3) is 5.56 Å². The zero-order chi connectivity index (χ0) is 32.7. The van der Waals surface area contributed by atoms with Crippen molar-refractivity contribution >= 4 is 53.2 Å². The molecule has 2 aliphatic heterocycles. The lowest BCUT2D eigenvalue weighted by atomic mass is 10.2. The van der Waals surface area contributed by atoms with Crippen molar-refractivity contribution in [3.05, 3.63) is 51.7 Å². The Morgan fingerprint density at radius 1 is 1.09 bits per heavy atom. The topological polar surface area (TPSA) is 266 Å². The number of aromatic nitrogens is 8. The van der Waals surface area contributed by atoms with Crippen molar-refractivity contribution in [3.8, 4) is 0 Å². The molecule has 8 N–H and O–H groups in total. The van der Waals surface area contributed by atoms with Gasteiger partial charge in [-0.15, -0.1) is 11.3 Å². The van der Waals surface area contributed by atoms with Crippen LogP contribution in [0.1, 0.15) is 30.2 Å². The van der Waals surface area contributed by atoms with Gasteiger partial charge in [0, 0.05) is 24.3 Å². The van der Waals surface area contributed by atoms with E-state index in [1.165, 1.54) is 23.5 Å². The first-order valence-electron chi connectivity index (χ1n) is 14.7. The van der Waals surface area contributed by atoms with E-state index >= 15 is 0 Å². The van der Waals surface area contributed by atoms with Gasteiger partial charge in [-0.3, -0.25) is 28.0 Å². The molecule has 2 aliphatic rings. The second-order valence-corrected chi connectivity index (χ2v) is 13.8. The maximum Gasteiger partial charge on any atom is 0.405 e. The molecule has 5 aromatic rings. The Labute approximate surface area is 269 Å². The lowest BCUT2D eigenvalue weighted by molar-refractivity contribution is -0.0508. The molecule has 19 nitrogen and oxygen atoms in total. The molecule has 7 atom stereocenters. The molecule has 1 unspecified atom stereocenters. The van der Waals surface area contributed by atoms with Crippen molar-refractivity contribution in [2.45, 2.75) is 56.1 Å². The fourth-order valence-electron chi connectivity index (χ4n) is 5.65. The van der Waals surface area contributed by atoms with Crippen molar-refractivity contribution in [1.82, 2.24) is 44.1 Å². The lowest BCUT2D eigenvalue weighted by Crippen LogP contribution is -2.32. The Morgan fingerprint density at radius 3 is 2.64 bits per heavy atom. The minimum atomic E-state index is -4.10. The molecule has 47 heavy (non-hydrogen) atoms. The highest BCUT2D eigenvalue weighted by Gasteiger charge is 2.44. The maximum atomic E-state index is 14.3. The molecule has 2 saturated heterocycles. The normalized spacial score (nSPS) is 26.0. The monoisotopic (exact) mass is 689 g/mol. The Hall–Kier alpha value is -3.85. The van der Waals surface area contributed by atoms with E-state index in [1.807, 2.05) is 17.5 Å².